The highest BCUT2D eigenvalue weighted by atomic mass is 32.2. The third-order valence-electron chi connectivity index (χ3n) is 6.70. The molecule has 2 atom stereocenters. The summed E-state index contributed by atoms with van der Waals surface area (Å²) >= 11 is 0. The molecule has 1 fully saturated rings. The number of aliphatic hydroxyl groups excluding tert-OH is 1. The van der Waals surface area contributed by atoms with Crippen LogP contribution in [-0.2, 0) is 10.0 Å². The molecule has 8 nitrogen and oxygen atoms in total. The van der Waals surface area contributed by atoms with Crippen LogP contribution in [0.3, 0.4) is 0 Å². The Bertz CT molecular complexity index is 1800. The summed E-state index contributed by atoms with van der Waals surface area (Å²) in [4.78, 5) is 9.03. The summed E-state index contributed by atoms with van der Waals surface area (Å²) < 4.78 is 27.6. The van der Waals surface area contributed by atoms with Crippen LogP contribution in [0.25, 0.3) is 21.8 Å². The standard InChI is InChI=1S/C29H25N5O3S/c35-28(26-7-4-15-30-26)13-9-20-8-11-25-24(17-20)29(32-19-31-25)33-22-10-12-27-21(18-22)14-16-34(27)38(36,37)23-5-2-1-3-6-23/h1-3,5-6,8,10-12,14,16-19,26,28,30,35H,4,7,15H2,(H,31,32,33). The molecule has 3 aromatic carbocycles. The summed E-state index contributed by atoms with van der Waals surface area (Å²) in [7, 11) is -3.70. The minimum absolute atomic E-state index is 0.0102. The molecule has 0 spiro atoms. The molecule has 0 saturated carbocycles. The second-order valence-electron chi connectivity index (χ2n) is 9.20. The van der Waals surface area contributed by atoms with Crippen LogP contribution in [0.15, 0.2) is 90.2 Å². The van der Waals surface area contributed by atoms with Gasteiger partial charge in [-0.3, -0.25) is 0 Å². The molecule has 1 saturated heterocycles. The minimum Gasteiger partial charge on any atom is -0.379 e. The Kier molecular flexibility index (Phi) is 6.29. The monoisotopic (exact) mass is 523 g/mol. The van der Waals surface area contributed by atoms with Crippen molar-refractivity contribution >= 4 is 43.3 Å². The highest BCUT2D eigenvalue weighted by molar-refractivity contribution is 7.90. The molecule has 2 unspecified atom stereocenters. The van der Waals surface area contributed by atoms with Gasteiger partial charge in [-0.05, 0) is 74.0 Å². The number of hydrogen-bond acceptors (Lipinski definition) is 7. The van der Waals surface area contributed by atoms with E-state index in [9.17, 15) is 13.5 Å². The zero-order valence-electron chi connectivity index (χ0n) is 20.4. The van der Waals surface area contributed by atoms with Crippen LogP contribution < -0.4 is 10.6 Å². The number of benzene rings is 3. The Morgan fingerprint density at radius 2 is 1.92 bits per heavy atom. The summed E-state index contributed by atoms with van der Waals surface area (Å²) in [5.74, 6) is 6.63. The molecule has 0 aliphatic carbocycles. The van der Waals surface area contributed by atoms with Crippen LogP contribution in [0.2, 0.25) is 0 Å². The quantitative estimate of drug-likeness (QED) is 0.299. The molecule has 9 heteroatoms. The molecule has 3 N–H and O–H groups in total. The topological polar surface area (TPSA) is 109 Å². The van der Waals surface area contributed by atoms with Gasteiger partial charge in [0.1, 0.15) is 18.2 Å². The van der Waals surface area contributed by atoms with E-state index in [1.807, 2.05) is 30.3 Å². The largest absolute Gasteiger partial charge is 0.379 e. The average molecular weight is 524 g/mol. The van der Waals surface area contributed by atoms with Gasteiger partial charge in [0.2, 0.25) is 0 Å². The van der Waals surface area contributed by atoms with E-state index in [0.717, 1.165) is 46.9 Å². The maximum absolute atomic E-state index is 13.1. The molecule has 2 aromatic heterocycles. The first-order valence-corrected chi connectivity index (χ1v) is 13.8. The summed E-state index contributed by atoms with van der Waals surface area (Å²) in [5, 5.41) is 18.5. The number of fused-ring (bicyclic) bond motifs is 2. The van der Waals surface area contributed by atoms with Crippen molar-refractivity contribution in [3.63, 3.8) is 0 Å². The molecule has 0 bridgehead atoms. The van der Waals surface area contributed by atoms with Crippen molar-refractivity contribution in [3.05, 3.63) is 90.9 Å². The average Bonchev–Trinajstić information content (AvgIpc) is 3.63. The first kappa shape index (κ1) is 24.1. The molecule has 1 aliphatic heterocycles. The fourth-order valence-electron chi connectivity index (χ4n) is 4.72. The second kappa shape index (κ2) is 9.91. The fourth-order valence-corrected chi connectivity index (χ4v) is 6.09. The highest BCUT2D eigenvalue weighted by Crippen LogP contribution is 2.28. The predicted molar refractivity (Wildman–Crippen MR) is 148 cm³/mol. The van der Waals surface area contributed by atoms with Gasteiger partial charge in [-0.1, -0.05) is 30.0 Å². The highest BCUT2D eigenvalue weighted by Gasteiger charge is 2.21. The normalized spacial score (nSPS) is 16.3. The van der Waals surface area contributed by atoms with Gasteiger partial charge in [-0.15, -0.1) is 0 Å². The van der Waals surface area contributed by atoms with Gasteiger partial charge in [0.25, 0.3) is 10.0 Å². The third-order valence-corrected chi connectivity index (χ3v) is 8.40. The van der Waals surface area contributed by atoms with E-state index < -0.39 is 16.1 Å². The lowest BCUT2D eigenvalue weighted by molar-refractivity contribution is 0.190. The number of nitrogens with zero attached hydrogens (tertiary/aromatic N) is 3. The smallest absolute Gasteiger partial charge is 0.268 e. The number of aromatic nitrogens is 3. The maximum Gasteiger partial charge on any atom is 0.268 e. The van der Waals surface area contributed by atoms with Crippen molar-refractivity contribution in [2.24, 2.45) is 0 Å². The van der Waals surface area contributed by atoms with Crippen LogP contribution in [0.1, 0.15) is 18.4 Å². The number of hydrogen-bond donors (Lipinski definition) is 3. The van der Waals surface area contributed by atoms with Crippen molar-refractivity contribution < 1.29 is 13.5 Å². The van der Waals surface area contributed by atoms with Gasteiger partial charge in [-0.25, -0.2) is 22.4 Å². The van der Waals surface area contributed by atoms with Gasteiger partial charge < -0.3 is 15.7 Å². The molecule has 0 amide bonds. The van der Waals surface area contributed by atoms with Crippen molar-refractivity contribution in [2.45, 2.75) is 29.9 Å². The van der Waals surface area contributed by atoms with E-state index in [0.29, 0.717) is 11.3 Å². The van der Waals surface area contributed by atoms with Gasteiger partial charge >= 0.3 is 0 Å². The lowest BCUT2D eigenvalue weighted by Gasteiger charge is -2.12. The summed E-state index contributed by atoms with van der Waals surface area (Å²) in [5.41, 5.74) is 2.85. The van der Waals surface area contributed by atoms with Gasteiger partial charge in [0.15, 0.2) is 0 Å². The van der Waals surface area contributed by atoms with Gasteiger partial charge in [0.05, 0.1) is 15.9 Å². The summed E-state index contributed by atoms with van der Waals surface area (Å²) in [6, 6.07) is 21.3. The van der Waals surface area contributed by atoms with E-state index in [1.54, 1.807) is 48.7 Å². The van der Waals surface area contributed by atoms with E-state index in [-0.39, 0.29) is 10.9 Å². The number of nitrogens with one attached hydrogen (secondary N) is 2. The molecule has 3 heterocycles. The van der Waals surface area contributed by atoms with E-state index in [1.165, 1.54) is 10.3 Å². The molecular weight excluding hydrogens is 498 g/mol. The van der Waals surface area contributed by atoms with Crippen molar-refractivity contribution in [1.29, 1.82) is 0 Å². The first-order valence-electron chi connectivity index (χ1n) is 12.4. The molecule has 0 radical (unpaired) electrons. The third kappa shape index (κ3) is 4.61. The van der Waals surface area contributed by atoms with Crippen LogP contribution in [0.4, 0.5) is 11.5 Å². The van der Waals surface area contributed by atoms with E-state index in [4.69, 9.17) is 0 Å². The Balaban J connectivity index is 1.29. The van der Waals surface area contributed by atoms with Crippen LogP contribution in [0.5, 0.6) is 0 Å². The van der Waals surface area contributed by atoms with Crippen LogP contribution in [0, 0.1) is 11.8 Å². The lowest BCUT2D eigenvalue weighted by Crippen LogP contribution is -2.33. The molecule has 1 aliphatic rings. The zero-order chi connectivity index (χ0) is 26.1. The molecule has 38 heavy (non-hydrogen) atoms. The Hall–Kier alpha value is -4.23. The summed E-state index contributed by atoms with van der Waals surface area (Å²) in [6.45, 7) is 0.908. The number of aliphatic hydroxyl groups is 1. The second-order valence-corrected chi connectivity index (χ2v) is 11.0. The van der Waals surface area contributed by atoms with E-state index >= 15 is 0 Å². The zero-order valence-corrected chi connectivity index (χ0v) is 21.2. The van der Waals surface area contributed by atoms with E-state index in [2.05, 4.69) is 32.4 Å². The predicted octanol–water partition coefficient (Wildman–Crippen LogP) is 4.03. The van der Waals surface area contributed by atoms with Crippen molar-refractivity contribution in [2.75, 3.05) is 11.9 Å². The molecule has 5 aromatic rings. The Morgan fingerprint density at radius 1 is 1.05 bits per heavy atom. The number of rotatable bonds is 5. The Labute approximate surface area is 220 Å². The summed E-state index contributed by atoms with van der Waals surface area (Å²) in [6.07, 6.45) is 4.30. The van der Waals surface area contributed by atoms with Crippen LogP contribution >= 0.6 is 0 Å². The van der Waals surface area contributed by atoms with Crippen molar-refractivity contribution in [1.82, 2.24) is 19.3 Å². The van der Waals surface area contributed by atoms with Gasteiger partial charge in [0, 0.05) is 34.3 Å². The Morgan fingerprint density at radius 3 is 2.74 bits per heavy atom. The van der Waals surface area contributed by atoms with Gasteiger partial charge in [-0.2, -0.15) is 0 Å². The molecule has 6 rings (SSSR count). The first-order chi connectivity index (χ1) is 18.5. The maximum atomic E-state index is 13.1. The molecule has 190 valence electrons. The lowest BCUT2D eigenvalue weighted by atomic mass is 10.1. The minimum atomic E-state index is -3.70. The SMILES string of the molecule is O=S(=O)(c1ccccc1)n1ccc2cc(Nc3ncnc4ccc(C#CC(O)C5CCCN5)cc34)ccc21. The fraction of sp³-hybridized carbons (Fsp3) is 0.172. The number of anilines is 2. The molecular formula is C29H25N5O3S. The van der Waals surface area contributed by atoms with Crippen molar-refractivity contribution in [3.8, 4) is 11.8 Å². The van der Waals surface area contributed by atoms with Crippen LogP contribution in [-0.4, -0.2) is 46.2 Å².